The molecule has 2 N–H and O–H groups in total. The number of imide groups is 1. The molecular weight excluding hydrogens is 474 g/mol. The van der Waals surface area contributed by atoms with Crippen molar-refractivity contribution in [1.82, 2.24) is 4.90 Å². The maximum atomic E-state index is 13.2. The zero-order chi connectivity index (χ0) is 23.5. The van der Waals surface area contributed by atoms with Crippen LogP contribution in [0.3, 0.4) is 0 Å². The van der Waals surface area contributed by atoms with Crippen molar-refractivity contribution in [3.05, 3.63) is 69.3 Å². The lowest BCUT2D eigenvalue weighted by Gasteiger charge is -2.44. The number of hydrogen-bond donors (Lipinski definition) is 2. The SMILES string of the molecule is CN1C(C(F)(F)F)=CC(O)N(c2cc(N3C(=O)c4ccccc4C3=O)c(Cl)cc2Cl)C1O. The van der Waals surface area contributed by atoms with Crippen molar-refractivity contribution in [2.75, 3.05) is 16.8 Å². The van der Waals surface area contributed by atoms with Gasteiger partial charge in [0.15, 0.2) is 6.23 Å². The Hall–Kier alpha value is -2.79. The Labute approximate surface area is 189 Å². The first kappa shape index (κ1) is 22.4. The van der Waals surface area contributed by atoms with Crippen molar-refractivity contribution in [3.8, 4) is 0 Å². The summed E-state index contributed by atoms with van der Waals surface area (Å²) in [5.74, 6) is -1.31. The Morgan fingerprint density at radius 3 is 2.00 bits per heavy atom. The van der Waals surface area contributed by atoms with Crippen LogP contribution in [0.25, 0.3) is 0 Å². The Morgan fingerprint density at radius 1 is 0.938 bits per heavy atom. The molecule has 0 spiro atoms. The summed E-state index contributed by atoms with van der Waals surface area (Å²) >= 11 is 12.4. The summed E-state index contributed by atoms with van der Waals surface area (Å²) in [4.78, 5) is 27.7. The third-order valence-corrected chi connectivity index (χ3v) is 5.79. The van der Waals surface area contributed by atoms with Crippen LogP contribution in [-0.2, 0) is 0 Å². The number of amides is 2. The number of halogens is 5. The van der Waals surface area contributed by atoms with Gasteiger partial charge in [-0.2, -0.15) is 13.2 Å². The molecule has 7 nitrogen and oxygen atoms in total. The van der Waals surface area contributed by atoms with Gasteiger partial charge < -0.3 is 15.1 Å². The second-order valence-electron chi connectivity index (χ2n) is 7.07. The van der Waals surface area contributed by atoms with E-state index in [1.54, 1.807) is 12.1 Å². The second-order valence-corrected chi connectivity index (χ2v) is 7.89. The zero-order valence-electron chi connectivity index (χ0n) is 16.1. The van der Waals surface area contributed by atoms with Gasteiger partial charge in [0.25, 0.3) is 11.8 Å². The molecule has 0 aliphatic carbocycles. The fraction of sp³-hybridized carbons (Fsp3) is 0.200. The average Bonchev–Trinajstić information content (AvgIpc) is 2.96. The first-order valence-electron chi connectivity index (χ1n) is 9.06. The number of aliphatic hydroxyl groups is 2. The van der Waals surface area contributed by atoms with Gasteiger partial charge in [-0.05, 0) is 30.3 Å². The number of allylic oxidation sites excluding steroid dienone is 1. The number of hydrogen-bond acceptors (Lipinski definition) is 6. The van der Waals surface area contributed by atoms with Crippen LogP contribution < -0.4 is 9.80 Å². The number of benzene rings is 2. The van der Waals surface area contributed by atoms with E-state index in [0.29, 0.717) is 11.0 Å². The number of anilines is 2. The highest BCUT2D eigenvalue weighted by Crippen LogP contribution is 2.43. The van der Waals surface area contributed by atoms with Gasteiger partial charge in [0, 0.05) is 7.05 Å². The first-order chi connectivity index (χ1) is 14.9. The van der Waals surface area contributed by atoms with Gasteiger partial charge in [-0.25, -0.2) is 4.90 Å². The Balaban J connectivity index is 1.80. The molecule has 32 heavy (non-hydrogen) atoms. The van der Waals surface area contributed by atoms with Gasteiger partial charge in [0.05, 0.1) is 32.5 Å². The fourth-order valence-electron chi connectivity index (χ4n) is 3.65. The van der Waals surface area contributed by atoms with Crippen LogP contribution in [-0.4, -0.2) is 52.7 Å². The molecule has 0 bridgehead atoms. The van der Waals surface area contributed by atoms with Crippen LogP contribution in [0, 0.1) is 0 Å². The topological polar surface area (TPSA) is 84.3 Å². The Bertz CT molecular complexity index is 1140. The summed E-state index contributed by atoms with van der Waals surface area (Å²) in [6, 6.07) is 8.43. The van der Waals surface area contributed by atoms with Gasteiger partial charge in [-0.15, -0.1) is 0 Å². The van der Waals surface area contributed by atoms with E-state index in [1.165, 1.54) is 18.2 Å². The van der Waals surface area contributed by atoms with Crippen molar-refractivity contribution >= 4 is 46.4 Å². The van der Waals surface area contributed by atoms with Gasteiger partial charge >= 0.3 is 6.18 Å². The van der Waals surface area contributed by atoms with Crippen molar-refractivity contribution in [2.24, 2.45) is 0 Å². The predicted octanol–water partition coefficient (Wildman–Crippen LogP) is 3.59. The van der Waals surface area contributed by atoms with Crippen molar-refractivity contribution in [2.45, 2.75) is 18.8 Å². The molecule has 168 valence electrons. The third kappa shape index (κ3) is 3.39. The summed E-state index contributed by atoms with van der Waals surface area (Å²) < 4.78 is 39.6. The highest BCUT2D eigenvalue weighted by molar-refractivity contribution is 6.42. The molecule has 12 heteroatoms. The van der Waals surface area contributed by atoms with E-state index in [9.17, 15) is 33.0 Å². The standard InChI is InChI=1S/C20H14Cl2F3N3O4/c1-26-15(20(23,24)25)8-16(29)27(19(26)32)13-7-14(12(22)6-11(13)21)28-17(30)9-4-2-3-5-10(9)18(28)31/h2-8,16,19,29,32H,1H3. The Morgan fingerprint density at radius 2 is 1.47 bits per heavy atom. The number of rotatable bonds is 2. The lowest BCUT2D eigenvalue weighted by atomic mass is 10.1. The molecule has 2 heterocycles. The van der Waals surface area contributed by atoms with Crippen LogP contribution in [0.5, 0.6) is 0 Å². The highest BCUT2D eigenvalue weighted by atomic mass is 35.5. The minimum atomic E-state index is -4.82. The van der Waals surface area contributed by atoms with E-state index >= 15 is 0 Å². The van der Waals surface area contributed by atoms with E-state index in [1.807, 2.05) is 0 Å². The van der Waals surface area contributed by atoms with Crippen LogP contribution >= 0.6 is 23.2 Å². The molecule has 0 saturated carbocycles. The maximum Gasteiger partial charge on any atom is 0.431 e. The van der Waals surface area contributed by atoms with E-state index in [2.05, 4.69) is 0 Å². The van der Waals surface area contributed by atoms with E-state index < -0.39 is 36.3 Å². The molecular formula is C20H14Cl2F3N3O4. The lowest BCUT2D eigenvalue weighted by Crippen LogP contribution is -2.56. The molecule has 2 aromatic rings. The van der Waals surface area contributed by atoms with Crippen LogP contribution in [0.15, 0.2) is 48.2 Å². The molecule has 0 aromatic heterocycles. The first-order valence-corrected chi connectivity index (χ1v) is 9.82. The number of carbonyl (C=O) groups excluding carboxylic acids is 2. The zero-order valence-corrected chi connectivity index (χ0v) is 17.7. The Kier molecular flexibility index (Phi) is 5.36. The van der Waals surface area contributed by atoms with Crippen molar-refractivity contribution in [3.63, 3.8) is 0 Å². The number of alkyl halides is 3. The van der Waals surface area contributed by atoms with Gasteiger partial charge in [-0.3, -0.25) is 14.5 Å². The van der Waals surface area contributed by atoms with Gasteiger partial charge in [0.2, 0.25) is 6.35 Å². The molecule has 2 unspecified atom stereocenters. The molecule has 0 radical (unpaired) electrons. The summed E-state index contributed by atoms with van der Waals surface area (Å²) in [6.07, 6.45) is -8.22. The average molecular weight is 488 g/mol. The van der Waals surface area contributed by atoms with Crippen molar-refractivity contribution in [1.29, 1.82) is 0 Å². The molecule has 2 amide bonds. The van der Waals surface area contributed by atoms with E-state index in [0.717, 1.165) is 22.9 Å². The predicted molar refractivity (Wildman–Crippen MR) is 110 cm³/mol. The quantitative estimate of drug-likeness (QED) is 0.629. The molecule has 2 aromatic carbocycles. The number of aliphatic hydroxyl groups excluding tert-OH is 2. The van der Waals surface area contributed by atoms with Crippen LogP contribution in [0.1, 0.15) is 20.7 Å². The molecule has 0 fully saturated rings. The van der Waals surface area contributed by atoms with Crippen LogP contribution in [0.2, 0.25) is 10.0 Å². The van der Waals surface area contributed by atoms with Crippen LogP contribution in [0.4, 0.5) is 24.5 Å². The normalized spacial score (nSPS) is 21.2. The minimum absolute atomic E-state index is 0.0888. The highest BCUT2D eigenvalue weighted by Gasteiger charge is 2.45. The fourth-order valence-corrected chi connectivity index (χ4v) is 4.22. The van der Waals surface area contributed by atoms with Gasteiger partial charge in [-0.1, -0.05) is 35.3 Å². The largest absolute Gasteiger partial charge is 0.431 e. The lowest BCUT2D eigenvalue weighted by molar-refractivity contribution is -0.133. The molecule has 2 aliphatic heterocycles. The molecule has 4 rings (SSSR count). The van der Waals surface area contributed by atoms with Crippen molar-refractivity contribution < 1.29 is 33.0 Å². The summed E-state index contributed by atoms with van der Waals surface area (Å²) in [5.41, 5.74) is -1.20. The minimum Gasteiger partial charge on any atom is -0.370 e. The molecule has 2 atom stereocenters. The summed E-state index contributed by atoms with van der Waals surface area (Å²) in [6.45, 7) is 0. The molecule has 2 aliphatic rings. The van der Waals surface area contributed by atoms with E-state index in [-0.39, 0.29) is 32.5 Å². The van der Waals surface area contributed by atoms with Gasteiger partial charge in [0.1, 0.15) is 5.70 Å². The third-order valence-electron chi connectivity index (χ3n) is 5.19. The number of fused-ring (bicyclic) bond motifs is 1. The maximum absolute atomic E-state index is 13.2. The monoisotopic (exact) mass is 487 g/mol. The summed E-state index contributed by atoms with van der Waals surface area (Å²) in [5, 5.41) is 20.6. The number of carbonyl (C=O) groups is 2. The van der Waals surface area contributed by atoms with E-state index in [4.69, 9.17) is 23.2 Å². The number of nitrogens with zero attached hydrogens (tertiary/aromatic N) is 3. The molecule has 0 saturated heterocycles. The smallest absolute Gasteiger partial charge is 0.370 e. The second kappa shape index (κ2) is 7.66. The summed E-state index contributed by atoms with van der Waals surface area (Å²) in [7, 11) is 0.984.